The average molecular weight is 174 g/mol. The maximum absolute atomic E-state index is 9.90. The van der Waals surface area contributed by atoms with Gasteiger partial charge in [-0.05, 0) is 23.6 Å². The fourth-order valence-corrected chi connectivity index (χ4v) is 1.97. The summed E-state index contributed by atoms with van der Waals surface area (Å²) in [5, 5.41) is 9.90. The van der Waals surface area contributed by atoms with Crippen molar-refractivity contribution in [2.75, 3.05) is 0 Å². The second-order valence-corrected chi connectivity index (χ2v) is 3.74. The molecule has 2 atom stereocenters. The van der Waals surface area contributed by atoms with Crippen molar-refractivity contribution in [1.29, 1.82) is 0 Å². The molecule has 0 aromatic heterocycles. The van der Waals surface area contributed by atoms with Crippen molar-refractivity contribution in [1.82, 2.24) is 0 Å². The molecule has 0 fully saturated rings. The Kier molecular flexibility index (Phi) is 1.97. The average Bonchev–Trinajstić information content (AvgIpc) is 2.15. The van der Waals surface area contributed by atoms with Crippen LogP contribution in [0.1, 0.15) is 31.1 Å². The molecule has 13 heavy (non-hydrogen) atoms. The van der Waals surface area contributed by atoms with Gasteiger partial charge in [-0.3, -0.25) is 0 Å². The number of aliphatic hydroxyl groups is 1. The minimum atomic E-state index is -0.333. The van der Waals surface area contributed by atoms with Crippen LogP contribution in [0.4, 0.5) is 0 Å². The molecule has 68 valence electrons. The first kappa shape index (κ1) is 8.52. The van der Waals surface area contributed by atoms with Gasteiger partial charge in [0.2, 0.25) is 0 Å². The van der Waals surface area contributed by atoms with Crippen LogP contribution in [-0.4, -0.2) is 5.11 Å². The predicted molar refractivity (Wildman–Crippen MR) is 54.2 cm³/mol. The van der Waals surface area contributed by atoms with E-state index in [9.17, 15) is 5.11 Å². The van der Waals surface area contributed by atoms with Gasteiger partial charge in [-0.2, -0.15) is 0 Å². The molecule has 1 nitrogen and oxygen atoms in total. The minimum absolute atomic E-state index is 0.231. The first-order valence-electron chi connectivity index (χ1n) is 4.66. The van der Waals surface area contributed by atoms with Crippen LogP contribution in [0.5, 0.6) is 0 Å². The molecular formula is C12H14O. The lowest BCUT2D eigenvalue weighted by molar-refractivity contribution is 0.137. The summed E-state index contributed by atoms with van der Waals surface area (Å²) in [5.41, 5.74) is 3.52. The Morgan fingerprint density at radius 2 is 1.92 bits per heavy atom. The third-order valence-electron chi connectivity index (χ3n) is 2.72. The van der Waals surface area contributed by atoms with Crippen molar-refractivity contribution >= 4 is 5.57 Å². The largest absolute Gasteiger partial charge is 0.388 e. The molecule has 0 saturated carbocycles. The van der Waals surface area contributed by atoms with Gasteiger partial charge in [0, 0.05) is 5.92 Å². The summed E-state index contributed by atoms with van der Waals surface area (Å²) in [6, 6.07) is 8.06. The Morgan fingerprint density at radius 1 is 1.23 bits per heavy atom. The van der Waals surface area contributed by atoms with Gasteiger partial charge >= 0.3 is 0 Å². The zero-order chi connectivity index (χ0) is 9.42. The zero-order valence-electron chi connectivity index (χ0n) is 7.99. The highest BCUT2D eigenvalue weighted by molar-refractivity contribution is 5.69. The van der Waals surface area contributed by atoms with E-state index in [0.717, 1.165) is 5.56 Å². The molecule has 0 bridgehead atoms. The second-order valence-electron chi connectivity index (χ2n) is 3.74. The van der Waals surface area contributed by atoms with Gasteiger partial charge in [0.05, 0.1) is 6.10 Å². The Bertz CT molecular complexity index is 352. The number of aliphatic hydroxyl groups excluding tert-OH is 1. The Balaban J connectivity index is 2.58. The number of hydrogen-bond acceptors (Lipinski definition) is 1. The molecule has 0 amide bonds. The lowest BCUT2D eigenvalue weighted by Crippen LogP contribution is -2.13. The maximum Gasteiger partial charge on any atom is 0.0856 e. The van der Waals surface area contributed by atoms with Crippen molar-refractivity contribution in [3.63, 3.8) is 0 Å². The van der Waals surface area contributed by atoms with Crippen LogP contribution in [0.2, 0.25) is 0 Å². The van der Waals surface area contributed by atoms with Gasteiger partial charge in [0.15, 0.2) is 0 Å². The van der Waals surface area contributed by atoms with E-state index < -0.39 is 0 Å². The third kappa shape index (κ3) is 1.29. The molecule has 0 saturated heterocycles. The second kappa shape index (κ2) is 3.00. The quantitative estimate of drug-likeness (QED) is 0.641. The van der Waals surface area contributed by atoms with E-state index in [4.69, 9.17) is 0 Å². The van der Waals surface area contributed by atoms with Crippen LogP contribution in [-0.2, 0) is 0 Å². The zero-order valence-corrected chi connectivity index (χ0v) is 7.99. The molecule has 1 aliphatic carbocycles. The van der Waals surface area contributed by atoms with Crippen LogP contribution in [0, 0.1) is 5.92 Å². The standard InChI is InChI=1S/C12H14O/c1-8-7-9(2)12(13)11-6-4-3-5-10(8)11/h3-7,9,12-13H,1-2H3. The van der Waals surface area contributed by atoms with Crippen molar-refractivity contribution < 1.29 is 5.11 Å². The first-order chi connectivity index (χ1) is 6.20. The number of hydrogen-bond donors (Lipinski definition) is 1. The molecule has 2 rings (SSSR count). The van der Waals surface area contributed by atoms with E-state index in [2.05, 4.69) is 19.1 Å². The normalized spacial score (nSPS) is 26.5. The smallest absolute Gasteiger partial charge is 0.0856 e. The highest BCUT2D eigenvalue weighted by Crippen LogP contribution is 2.35. The predicted octanol–water partition coefficient (Wildman–Crippen LogP) is 2.77. The Morgan fingerprint density at radius 3 is 2.69 bits per heavy atom. The molecule has 1 aliphatic rings. The van der Waals surface area contributed by atoms with E-state index in [1.54, 1.807) is 0 Å². The summed E-state index contributed by atoms with van der Waals surface area (Å²) < 4.78 is 0. The highest BCUT2D eigenvalue weighted by atomic mass is 16.3. The van der Waals surface area contributed by atoms with Crippen molar-refractivity contribution in [3.8, 4) is 0 Å². The molecule has 1 heteroatoms. The summed E-state index contributed by atoms with van der Waals surface area (Å²) in [6.45, 7) is 4.14. The number of allylic oxidation sites excluding steroid dienone is 1. The lowest BCUT2D eigenvalue weighted by Gasteiger charge is -2.25. The number of fused-ring (bicyclic) bond motifs is 1. The topological polar surface area (TPSA) is 20.2 Å². The molecule has 1 N–H and O–H groups in total. The summed E-state index contributed by atoms with van der Waals surface area (Å²) in [5.74, 6) is 0.231. The SMILES string of the molecule is CC1=CC(C)C(O)c2ccccc21. The van der Waals surface area contributed by atoms with E-state index in [-0.39, 0.29) is 12.0 Å². The molecule has 0 heterocycles. The maximum atomic E-state index is 9.90. The van der Waals surface area contributed by atoms with Crippen molar-refractivity contribution in [2.45, 2.75) is 20.0 Å². The molecule has 1 aromatic carbocycles. The fourth-order valence-electron chi connectivity index (χ4n) is 1.97. The van der Waals surface area contributed by atoms with Crippen molar-refractivity contribution in [2.24, 2.45) is 5.92 Å². The molecule has 2 unspecified atom stereocenters. The summed E-state index contributed by atoms with van der Waals surface area (Å²) in [4.78, 5) is 0. The van der Waals surface area contributed by atoms with E-state index >= 15 is 0 Å². The third-order valence-corrected chi connectivity index (χ3v) is 2.72. The van der Waals surface area contributed by atoms with Gasteiger partial charge < -0.3 is 5.11 Å². The van der Waals surface area contributed by atoms with E-state index in [1.807, 2.05) is 25.1 Å². The van der Waals surface area contributed by atoms with Gasteiger partial charge in [0.25, 0.3) is 0 Å². The minimum Gasteiger partial charge on any atom is -0.388 e. The van der Waals surface area contributed by atoms with Crippen LogP contribution in [0.3, 0.4) is 0 Å². The molecule has 0 radical (unpaired) electrons. The highest BCUT2D eigenvalue weighted by Gasteiger charge is 2.22. The van der Waals surface area contributed by atoms with Crippen LogP contribution in [0.15, 0.2) is 30.3 Å². The number of benzene rings is 1. The van der Waals surface area contributed by atoms with Gasteiger partial charge in [-0.1, -0.05) is 37.3 Å². The van der Waals surface area contributed by atoms with Crippen LogP contribution < -0.4 is 0 Å². The molecular weight excluding hydrogens is 160 g/mol. The van der Waals surface area contributed by atoms with E-state index in [0.29, 0.717) is 0 Å². The van der Waals surface area contributed by atoms with Crippen molar-refractivity contribution in [3.05, 3.63) is 41.5 Å². The summed E-state index contributed by atoms with van der Waals surface area (Å²) >= 11 is 0. The first-order valence-corrected chi connectivity index (χ1v) is 4.66. The van der Waals surface area contributed by atoms with Crippen LogP contribution >= 0.6 is 0 Å². The monoisotopic (exact) mass is 174 g/mol. The number of rotatable bonds is 0. The summed E-state index contributed by atoms with van der Waals surface area (Å²) in [6.07, 6.45) is 1.80. The molecule has 1 aromatic rings. The van der Waals surface area contributed by atoms with Gasteiger partial charge in [0.1, 0.15) is 0 Å². The fraction of sp³-hybridized carbons (Fsp3) is 0.333. The van der Waals surface area contributed by atoms with Gasteiger partial charge in [-0.25, -0.2) is 0 Å². The van der Waals surface area contributed by atoms with Gasteiger partial charge in [-0.15, -0.1) is 0 Å². The van der Waals surface area contributed by atoms with Crippen LogP contribution in [0.25, 0.3) is 5.57 Å². The Hall–Kier alpha value is -1.08. The van der Waals surface area contributed by atoms with E-state index in [1.165, 1.54) is 11.1 Å². The molecule has 0 aliphatic heterocycles. The molecule has 0 spiro atoms. The lowest BCUT2D eigenvalue weighted by atomic mass is 9.84. The Labute approximate surface area is 78.7 Å². The summed E-state index contributed by atoms with van der Waals surface area (Å²) in [7, 11) is 0.